The number of halogens is 1. The zero-order valence-electron chi connectivity index (χ0n) is 9.13. The Morgan fingerprint density at radius 3 is 2.75 bits per heavy atom. The van der Waals surface area contributed by atoms with Crippen molar-refractivity contribution in [2.24, 2.45) is 5.73 Å². The van der Waals surface area contributed by atoms with Crippen LogP contribution in [-0.4, -0.2) is 26.2 Å². The van der Waals surface area contributed by atoms with E-state index in [0.717, 1.165) is 6.42 Å². The summed E-state index contributed by atoms with van der Waals surface area (Å²) in [5.41, 5.74) is 5.87. The second-order valence-electron chi connectivity index (χ2n) is 3.25. The number of rotatable bonds is 6. The minimum Gasteiger partial charge on any atom is -0.493 e. The molecule has 3 N–H and O–H groups in total. The molecule has 0 aliphatic rings. The van der Waals surface area contributed by atoms with Gasteiger partial charge in [-0.2, -0.15) is 0 Å². The molecule has 0 atom stereocenters. The summed E-state index contributed by atoms with van der Waals surface area (Å²) < 4.78 is 10.4. The number of nitrogens with two attached hydrogens (primary N) is 1. The number of methoxy groups -OCH3 is 1. The molecule has 16 heavy (non-hydrogen) atoms. The lowest BCUT2D eigenvalue weighted by Gasteiger charge is -2.08. The summed E-state index contributed by atoms with van der Waals surface area (Å²) >= 11 is 5.94. The molecule has 0 bridgehead atoms. The maximum atomic E-state index is 7.28. The van der Waals surface area contributed by atoms with E-state index in [0.29, 0.717) is 29.5 Å². The zero-order chi connectivity index (χ0) is 12.0. The third-order valence-corrected chi connectivity index (χ3v) is 2.30. The first-order valence-corrected chi connectivity index (χ1v) is 5.28. The van der Waals surface area contributed by atoms with Gasteiger partial charge in [-0.15, -0.1) is 0 Å². The van der Waals surface area contributed by atoms with E-state index in [4.69, 9.17) is 32.2 Å². The summed E-state index contributed by atoms with van der Waals surface area (Å²) in [6.07, 6.45) is 0.822. The maximum Gasteiger partial charge on any atom is 0.124 e. The highest BCUT2D eigenvalue weighted by Gasteiger charge is 2.04. The molecule has 4 nitrogen and oxygen atoms in total. The second-order valence-corrected chi connectivity index (χ2v) is 3.66. The fourth-order valence-electron chi connectivity index (χ4n) is 1.20. The first-order valence-electron chi connectivity index (χ1n) is 4.91. The Morgan fingerprint density at radius 2 is 2.19 bits per heavy atom. The highest BCUT2D eigenvalue weighted by Crippen LogP contribution is 2.22. The molecule has 5 heteroatoms. The molecule has 0 radical (unpaired) electrons. The summed E-state index contributed by atoms with van der Waals surface area (Å²) in [4.78, 5) is 0. The maximum absolute atomic E-state index is 7.28. The summed E-state index contributed by atoms with van der Waals surface area (Å²) in [5, 5.41) is 7.70. The Hall–Kier alpha value is -1.26. The molecule has 0 saturated heterocycles. The molecule has 0 spiro atoms. The van der Waals surface area contributed by atoms with Gasteiger partial charge in [0.2, 0.25) is 0 Å². The minimum absolute atomic E-state index is 0.0454. The summed E-state index contributed by atoms with van der Waals surface area (Å²) in [5.74, 6) is 0.627. The Balaban J connectivity index is 2.56. The van der Waals surface area contributed by atoms with Crippen LogP contribution in [0.3, 0.4) is 0 Å². The first kappa shape index (κ1) is 12.8. The fraction of sp³-hybridized carbons (Fsp3) is 0.364. The van der Waals surface area contributed by atoms with Gasteiger partial charge in [-0.25, -0.2) is 0 Å². The number of ether oxygens (including phenoxy) is 2. The van der Waals surface area contributed by atoms with Gasteiger partial charge in [0.1, 0.15) is 11.6 Å². The average molecular weight is 243 g/mol. The number of hydrogen-bond donors (Lipinski definition) is 2. The van der Waals surface area contributed by atoms with Gasteiger partial charge in [-0.1, -0.05) is 11.6 Å². The molecule has 0 aromatic heterocycles. The number of hydrogen-bond acceptors (Lipinski definition) is 3. The van der Waals surface area contributed by atoms with Crippen LogP contribution in [-0.2, 0) is 4.74 Å². The van der Waals surface area contributed by atoms with Gasteiger partial charge in [0.25, 0.3) is 0 Å². The molecule has 0 fully saturated rings. The van der Waals surface area contributed by atoms with Gasteiger partial charge in [0.15, 0.2) is 0 Å². The number of benzene rings is 1. The van der Waals surface area contributed by atoms with Crippen LogP contribution < -0.4 is 10.5 Å². The van der Waals surface area contributed by atoms with Gasteiger partial charge in [-0.05, 0) is 18.2 Å². The summed E-state index contributed by atoms with van der Waals surface area (Å²) in [7, 11) is 1.65. The van der Waals surface area contributed by atoms with Crippen molar-refractivity contribution in [3.63, 3.8) is 0 Å². The molecule has 0 amide bonds. The predicted octanol–water partition coefficient (Wildman–Crippen LogP) is 2.04. The molecular weight excluding hydrogens is 228 g/mol. The predicted molar refractivity (Wildman–Crippen MR) is 64.5 cm³/mol. The monoisotopic (exact) mass is 242 g/mol. The van der Waals surface area contributed by atoms with Gasteiger partial charge in [-0.3, -0.25) is 5.41 Å². The lowest BCUT2D eigenvalue weighted by atomic mass is 10.2. The molecule has 1 rings (SSSR count). The van der Waals surface area contributed by atoms with E-state index in [9.17, 15) is 0 Å². The van der Waals surface area contributed by atoms with E-state index in [1.54, 1.807) is 25.3 Å². The number of amidine groups is 1. The van der Waals surface area contributed by atoms with E-state index in [1.807, 2.05) is 0 Å². The fourth-order valence-corrected chi connectivity index (χ4v) is 1.47. The largest absolute Gasteiger partial charge is 0.493 e. The lowest BCUT2D eigenvalue weighted by molar-refractivity contribution is 0.172. The van der Waals surface area contributed by atoms with Crippen molar-refractivity contribution in [1.29, 1.82) is 5.41 Å². The smallest absolute Gasteiger partial charge is 0.124 e. The van der Waals surface area contributed by atoms with Crippen LogP contribution in [0.1, 0.15) is 12.0 Å². The zero-order valence-corrected chi connectivity index (χ0v) is 9.88. The Morgan fingerprint density at radius 1 is 1.44 bits per heavy atom. The molecule has 0 aliphatic carbocycles. The van der Waals surface area contributed by atoms with Crippen LogP contribution in [0.2, 0.25) is 5.02 Å². The van der Waals surface area contributed by atoms with Crippen molar-refractivity contribution >= 4 is 17.4 Å². The molecule has 88 valence electrons. The van der Waals surface area contributed by atoms with Crippen molar-refractivity contribution in [2.45, 2.75) is 6.42 Å². The van der Waals surface area contributed by atoms with E-state index in [1.165, 1.54) is 0 Å². The standard InChI is InChI=1S/C11H15ClN2O2/c1-15-5-2-6-16-8-3-4-9(11(13)14)10(12)7-8/h3-4,7H,2,5-6H2,1H3,(H3,13,14). The molecule has 1 aromatic carbocycles. The molecule has 0 aliphatic heterocycles. The van der Waals surface area contributed by atoms with Crippen LogP contribution in [0.15, 0.2) is 18.2 Å². The molecule has 1 aromatic rings. The van der Waals surface area contributed by atoms with Crippen molar-refractivity contribution in [2.75, 3.05) is 20.3 Å². The normalized spacial score (nSPS) is 10.1. The summed E-state index contributed by atoms with van der Waals surface area (Å²) in [6, 6.07) is 5.08. The topological polar surface area (TPSA) is 68.3 Å². The minimum atomic E-state index is -0.0454. The highest BCUT2D eigenvalue weighted by molar-refractivity contribution is 6.34. The van der Waals surface area contributed by atoms with E-state index >= 15 is 0 Å². The van der Waals surface area contributed by atoms with E-state index < -0.39 is 0 Å². The van der Waals surface area contributed by atoms with E-state index in [2.05, 4.69) is 0 Å². The Bertz CT molecular complexity index is 369. The first-order chi connectivity index (χ1) is 7.65. The van der Waals surface area contributed by atoms with Crippen molar-refractivity contribution < 1.29 is 9.47 Å². The van der Waals surface area contributed by atoms with Crippen LogP contribution in [0, 0.1) is 5.41 Å². The van der Waals surface area contributed by atoms with Gasteiger partial charge in [0.05, 0.1) is 11.6 Å². The van der Waals surface area contributed by atoms with Crippen molar-refractivity contribution in [3.05, 3.63) is 28.8 Å². The molecule has 0 unspecified atom stereocenters. The quantitative estimate of drug-likeness (QED) is 0.456. The molecule has 0 heterocycles. The Kier molecular flexibility index (Phi) is 5.08. The van der Waals surface area contributed by atoms with Crippen molar-refractivity contribution in [1.82, 2.24) is 0 Å². The van der Waals surface area contributed by atoms with Gasteiger partial charge < -0.3 is 15.2 Å². The number of nitrogen functional groups attached to an aromatic ring is 1. The van der Waals surface area contributed by atoms with Crippen LogP contribution in [0.4, 0.5) is 0 Å². The van der Waals surface area contributed by atoms with Crippen LogP contribution >= 0.6 is 11.6 Å². The molecule has 0 saturated carbocycles. The second kappa shape index (κ2) is 6.35. The summed E-state index contributed by atoms with van der Waals surface area (Å²) in [6.45, 7) is 1.24. The van der Waals surface area contributed by atoms with Gasteiger partial charge >= 0.3 is 0 Å². The lowest BCUT2D eigenvalue weighted by Crippen LogP contribution is -2.11. The highest BCUT2D eigenvalue weighted by atomic mass is 35.5. The van der Waals surface area contributed by atoms with Crippen molar-refractivity contribution in [3.8, 4) is 5.75 Å². The number of nitrogens with one attached hydrogen (secondary N) is 1. The van der Waals surface area contributed by atoms with Crippen LogP contribution in [0.5, 0.6) is 5.75 Å². The van der Waals surface area contributed by atoms with E-state index in [-0.39, 0.29) is 5.84 Å². The third kappa shape index (κ3) is 3.72. The van der Waals surface area contributed by atoms with Gasteiger partial charge in [0, 0.05) is 25.7 Å². The SMILES string of the molecule is COCCCOc1ccc(C(=N)N)c(Cl)c1. The third-order valence-electron chi connectivity index (χ3n) is 1.99. The molecular formula is C11H15ClN2O2. The van der Waals surface area contributed by atoms with Crippen LogP contribution in [0.25, 0.3) is 0 Å². The Labute approximate surface area is 99.8 Å². The average Bonchev–Trinajstić information content (AvgIpc) is 2.24.